The van der Waals surface area contributed by atoms with E-state index < -0.39 is 46.6 Å². The Labute approximate surface area is 352 Å². The number of carboxylic acid groups (broad SMARTS) is 6. The van der Waals surface area contributed by atoms with Gasteiger partial charge in [-0.25, -0.2) is 37.5 Å². The number of halogens is 2. The number of carbonyl (C=O) groups is 6. The number of aliphatic carboxylic acids is 6. The van der Waals surface area contributed by atoms with Gasteiger partial charge in [0.15, 0.2) is 0 Å². The van der Waals surface area contributed by atoms with Crippen LogP contribution < -0.4 is 10.6 Å². The third kappa shape index (κ3) is 14.3. The number of pyridine rings is 2. The van der Waals surface area contributed by atoms with Crippen molar-refractivity contribution < 1.29 is 68.2 Å². The molecule has 2 saturated heterocycles. The minimum absolute atomic E-state index is 0.166. The first-order chi connectivity index (χ1) is 29.5. The number of benzene rings is 2. The Balaban J connectivity index is 0.000000308. The first-order valence-corrected chi connectivity index (χ1v) is 18.4. The van der Waals surface area contributed by atoms with E-state index in [4.69, 9.17) is 59.4 Å². The van der Waals surface area contributed by atoms with Gasteiger partial charge < -0.3 is 41.3 Å². The van der Waals surface area contributed by atoms with Crippen LogP contribution in [0.4, 0.5) is 8.78 Å². The van der Waals surface area contributed by atoms with E-state index in [-0.39, 0.29) is 23.5 Å². The fraction of sp³-hybridized carbons (Fsp3) is 0.286. The van der Waals surface area contributed by atoms with Crippen LogP contribution in [0.1, 0.15) is 48.2 Å². The van der Waals surface area contributed by atoms with E-state index in [0.29, 0.717) is 0 Å². The van der Waals surface area contributed by atoms with Crippen molar-refractivity contribution in [1.29, 1.82) is 10.5 Å². The molecule has 2 aromatic heterocycles. The van der Waals surface area contributed by atoms with Crippen LogP contribution in [0.2, 0.25) is 0 Å². The molecule has 20 heteroatoms. The van der Waals surface area contributed by atoms with Gasteiger partial charge in [-0.1, -0.05) is 36.4 Å². The molecular formula is C42H42F2N6O12. The number of carboxylic acids is 6. The molecule has 8 N–H and O–H groups in total. The number of hydrogen-bond acceptors (Lipinski definition) is 12. The SMILES string of the molecule is N#CC(c1ccc(F)cc1)(c1ccccn1)C1CCNCC1.N#CC(c1ccc(F)cc1)(c1ccccn1)C1CCNCC1.O=C(O)C(=O)O.O=C(O)C(=O)O.O=C(O)C(=O)O. The molecule has 0 aliphatic carbocycles. The first-order valence-electron chi connectivity index (χ1n) is 18.4. The standard InChI is InChI=1S/2C18H18FN3.3C2H2O4/c2*19-16-6-4-14(5-7-16)18(13-20,15-8-11-21-12-9-15)17-3-1-2-10-22-17;3*3-1(4)2(5)6/h2*1-7,10,15,21H,8-9,11-12H2;3*(H,3,4)(H,5,6). The summed E-state index contributed by atoms with van der Waals surface area (Å²) in [6.45, 7) is 3.56. The topological polar surface area (TPSA) is 321 Å². The maximum atomic E-state index is 13.3. The molecule has 18 nitrogen and oxygen atoms in total. The molecule has 6 rings (SSSR count). The number of nitrogens with one attached hydrogen (secondary N) is 2. The van der Waals surface area contributed by atoms with Gasteiger partial charge in [0.1, 0.15) is 22.5 Å². The molecule has 62 heavy (non-hydrogen) atoms. The molecule has 0 saturated carbocycles. The van der Waals surface area contributed by atoms with Crippen LogP contribution in [0, 0.1) is 46.1 Å². The van der Waals surface area contributed by atoms with Gasteiger partial charge in [-0.3, -0.25) is 9.97 Å². The van der Waals surface area contributed by atoms with Gasteiger partial charge in [0.2, 0.25) is 0 Å². The molecular weight excluding hydrogens is 818 g/mol. The predicted octanol–water partition coefficient (Wildman–Crippen LogP) is 3.53. The fourth-order valence-electron chi connectivity index (χ4n) is 6.74. The van der Waals surface area contributed by atoms with Crippen molar-refractivity contribution in [3.8, 4) is 12.1 Å². The van der Waals surface area contributed by atoms with Gasteiger partial charge in [-0.05, 0) is 123 Å². The van der Waals surface area contributed by atoms with Gasteiger partial charge in [-0.2, -0.15) is 10.5 Å². The predicted molar refractivity (Wildman–Crippen MR) is 211 cm³/mol. The third-order valence-electron chi connectivity index (χ3n) is 9.54. The van der Waals surface area contributed by atoms with Gasteiger partial charge in [0, 0.05) is 12.4 Å². The van der Waals surface area contributed by atoms with Gasteiger partial charge in [0.05, 0.1) is 23.5 Å². The van der Waals surface area contributed by atoms with Crippen molar-refractivity contribution in [3.05, 3.63) is 131 Å². The summed E-state index contributed by atoms with van der Waals surface area (Å²) >= 11 is 0. The minimum Gasteiger partial charge on any atom is -0.473 e. The van der Waals surface area contributed by atoms with E-state index >= 15 is 0 Å². The highest BCUT2D eigenvalue weighted by molar-refractivity contribution is 6.28. The van der Waals surface area contributed by atoms with E-state index in [1.165, 1.54) is 24.3 Å². The van der Waals surface area contributed by atoms with E-state index in [0.717, 1.165) is 74.4 Å². The van der Waals surface area contributed by atoms with Gasteiger partial charge >= 0.3 is 35.8 Å². The average Bonchev–Trinajstić information content (AvgIpc) is 3.28. The highest BCUT2D eigenvalue weighted by Gasteiger charge is 2.45. The Bertz CT molecular complexity index is 1980. The van der Waals surface area contributed by atoms with E-state index in [1.54, 1.807) is 36.7 Å². The molecule has 0 amide bonds. The lowest BCUT2D eigenvalue weighted by Crippen LogP contribution is -2.42. The quantitative estimate of drug-likeness (QED) is 0.129. The number of aromatic nitrogens is 2. The molecule has 2 aliphatic rings. The lowest BCUT2D eigenvalue weighted by atomic mass is 9.65. The molecule has 0 spiro atoms. The van der Waals surface area contributed by atoms with Crippen molar-refractivity contribution in [2.75, 3.05) is 26.2 Å². The van der Waals surface area contributed by atoms with E-state index in [1.807, 2.05) is 36.4 Å². The number of rotatable bonds is 6. The molecule has 4 aromatic rings. The highest BCUT2D eigenvalue weighted by Crippen LogP contribution is 2.43. The van der Waals surface area contributed by atoms with Crippen molar-refractivity contribution >= 4 is 35.8 Å². The Morgan fingerprint density at radius 1 is 0.500 bits per heavy atom. The van der Waals surface area contributed by atoms with E-state index in [9.17, 15) is 19.3 Å². The molecule has 326 valence electrons. The van der Waals surface area contributed by atoms with E-state index in [2.05, 4.69) is 32.7 Å². The third-order valence-corrected chi connectivity index (χ3v) is 9.54. The second-order valence-corrected chi connectivity index (χ2v) is 13.2. The van der Waals surface area contributed by atoms with Crippen LogP contribution >= 0.6 is 0 Å². The number of nitrogens with zero attached hydrogens (tertiary/aromatic N) is 4. The highest BCUT2D eigenvalue weighted by atomic mass is 19.1. The molecule has 0 bridgehead atoms. The van der Waals surface area contributed by atoms with Crippen LogP contribution in [0.5, 0.6) is 0 Å². The smallest absolute Gasteiger partial charge is 0.414 e. The summed E-state index contributed by atoms with van der Waals surface area (Å²) in [5.41, 5.74) is 1.49. The minimum atomic E-state index is -1.82. The summed E-state index contributed by atoms with van der Waals surface area (Å²) in [6, 6.07) is 28.9. The fourth-order valence-corrected chi connectivity index (χ4v) is 6.74. The Morgan fingerprint density at radius 2 is 0.774 bits per heavy atom. The Hall–Kier alpha value is -7.68. The summed E-state index contributed by atoms with van der Waals surface area (Å²) in [7, 11) is 0. The molecule has 2 aromatic carbocycles. The summed E-state index contributed by atoms with van der Waals surface area (Å²) in [6.07, 6.45) is 7.05. The molecule has 2 atom stereocenters. The van der Waals surface area contributed by atoms with Crippen LogP contribution in [0.3, 0.4) is 0 Å². The van der Waals surface area contributed by atoms with Crippen molar-refractivity contribution in [3.63, 3.8) is 0 Å². The average molecular weight is 861 g/mol. The molecule has 2 fully saturated rings. The maximum Gasteiger partial charge on any atom is 0.414 e. The zero-order valence-corrected chi connectivity index (χ0v) is 32.7. The molecule has 4 heterocycles. The monoisotopic (exact) mass is 860 g/mol. The van der Waals surface area contributed by atoms with Crippen LogP contribution in [-0.2, 0) is 39.6 Å². The molecule has 2 aliphatic heterocycles. The summed E-state index contributed by atoms with van der Waals surface area (Å²) in [5.74, 6) is -11.2. The lowest BCUT2D eigenvalue weighted by molar-refractivity contribution is -0.159. The summed E-state index contributed by atoms with van der Waals surface area (Å²) in [4.78, 5) is 63.5. The normalized spacial score (nSPS) is 15.2. The Morgan fingerprint density at radius 3 is 0.984 bits per heavy atom. The number of hydrogen-bond donors (Lipinski definition) is 8. The van der Waals surface area contributed by atoms with Crippen molar-refractivity contribution in [2.24, 2.45) is 11.8 Å². The maximum absolute atomic E-state index is 13.3. The van der Waals surface area contributed by atoms with Crippen molar-refractivity contribution in [1.82, 2.24) is 20.6 Å². The molecule has 0 radical (unpaired) electrons. The van der Waals surface area contributed by atoms with Crippen LogP contribution in [0.15, 0.2) is 97.3 Å². The Kier molecular flexibility index (Phi) is 20.4. The first kappa shape index (κ1) is 50.5. The number of piperidine rings is 2. The van der Waals surface area contributed by atoms with Crippen molar-refractivity contribution in [2.45, 2.75) is 36.5 Å². The second kappa shape index (κ2) is 25.1. The molecule has 2 unspecified atom stereocenters. The lowest BCUT2D eigenvalue weighted by Gasteiger charge is -2.37. The van der Waals surface area contributed by atoms with Crippen LogP contribution in [-0.4, -0.2) is 103 Å². The van der Waals surface area contributed by atoms with Crippen LogP contribution in [0.25, 0.3) is 0 Å². The summed E-state index contributed by atoms with van der Waals surface area (Å²) in [5, 5.41) is 71.2. The van der Waals surface area contributed by atoms with Gasteiger partial charge in [-0.15, -0.1) is 0 Å². The number of nitriles is 2. The largest absolute Gasteiger partial charge is 0.473 e. The second-order valence-electron chi connectivity index (χ2n) is 13.2. The zero-order chi connectivity index (χ0) is 46.3. The van der Waals surface area contributed by atoms with Gasteiger partial charge in [0.25, 0.3) is 0 Å². The summed E-state index contributed by atoms with van der Waals surface area (Å²) < 4.78 is 26.6. The zero-order valence-electron chi connectivity index (χ0n) is 32.7.